The van der Waals surface area contributed by atoms with Crippen LogP contribution in [0.3, 0.4) is 0 Å². The number of methoxy groups -OCH3 is 1. The summed E-state index contributed by atoms with van der Waals surface area (Å²) in [5, 5.41) is 5.11. The molecule has 1 aromatic carbocycles. The Morgan fingerprint density at radius 2 is 2.00 bits per heavy atom. The number of thiocarbonyl (C=S) groups is 1. The normalized spacial score (nSPS) is 15.0. The topological polar surface area (TPSA) is 57.4 Å². The number of hydrogen-bond acceptors (Lipinski definition) is 3. The van der Waals surface area contributed by atoms with Crippen LogP contribution in [0.25, 0.3) is 10.9 Å². The smallest absolute Gasteiger partial charge is 0.253 e. The molecule has 1 saturated carbocycles. The summed E-state index contributed by atoms with van der Waals surface area (Å²) >= 11 is 5.70. The van der Waals surface area contributed by atoms with Gasteiger partial charge in [-0.05, 0) is 62.2 Å². The Balaban J connectivity index is 1.89. The van der Waals surface area contributed by atoms with Gasteiger partial charge in [0, 0.05) is 36.2 Å². The second-order valence-corrected chi connectivity index (χ2v) is 8.20. The third-order valence-corrected chi connectivity index (χ3v) is 5.97. The third-order valence-electron chi connectivity index (χ3n) is 5.59. The Hall–Kier alpha value is -1.92. The minimum Gasteiger partial charge on any atom is -0.383 e. The van der Waals surface area contributed by atoms with Gasteiger partial charge in [-0.3, -0.25) is 4.79 Å². The van der Waals surface area contributed by atoms with Gasteiger partial charge < -0.3 is 19.9 Å². The number of hydrogen-bond donors (Lipinski definition) is 2. The number of nitrogens with zero attached hydrogens (tertiary/aromatic N) is 1. The standard InChI is InChI=1S/C22H31N3O2S/c1-15-11-16(2)19-13-17(21(26)24-20(19)12-15)14-25(18-7-5-4-6-8-18)22(28)23-9-10-27-3/h11-13,18H,4-10,14H2,1-3H3,(H,23,28)(H,24,26). The molecule has 2 N–H and O–H groups in total. The van der Waals surface area contributed by atoms with Crippen molar-refractivity contribution in [1.82, 2.24) is 15.2 Å². The predicted octanol–water partition coefficient (Wildman–Crippen LogP) is 3.80. The highest BCUT2D eigenvalue weighted by molar-refractivity contribution is 7.80. The van der Waals surface area contributed by atoms with E-state index < -0.39 is 0 Å². The number of nitrogens with one attached hydrogen (secondary N) is 2. The zero-order valence-corrected chi connectivity index (χ0v) is 18.0. The van der Waals surface area contributed by atoms with Crippen LogP contribution in [0, 0.1) is 13.8 Å². The molecule has 1 heterocycles. The minimum absolute atomic E-state index is 0.0296. The number of rotatable bonds is 6. The molecule has 1 aliphatic carbocycles. The van der Waals surface area contributed by atoms with Crippen LogP contribution < -0.4 is 10.9 Å². The largest absolute Gasteiger partial charge is 0.383 e. The van der Waals surface area contributed by atoms with Crippen LogP contribution in [-0.2, 0) is 11.3 Å². The summed E-state index contributed by atoms with van der Waals surface area (Å²) in [5.41, 5.74) is 3.97. The maximum absolute atomic E-state index is 12.8. The molecule has 6 heteroatoms. The highest BCUT2D eigenvalue weighted by atomic mass is 32.1. The van der Waals surface area contributed by atoms with Crippen molar-refractivity contribution in [3.8, 4) is 0 Å². The molecule has 0 atom stereocenters. The first-order valence-electron chi connectivity index (χ1n) is 10.2. The van der Waals surface area contributed by atoms with Crippen LogP contribution in [0.4, 0.5) is 0 Å². The Bertz CT molecular complexity index is 887. The van der Waals surface area contributed by atoms with Crippen molar-refractivity contribution >= 4 is 28.2 Å². The Morgan fingerprint density at radius 1 is 1.25 bits per heavy atom. The lowest BCUT2D eigenvalue weighted by molar-refractivity contribution is 0.199. The summed E-state index contributed by atoms with van der Waals surface area (Å²) in [6.07, 6.45) is 5.96. The molecule has 1 fully saturated rings. The first-order chi connectivity index (χ1) is 13.5. The molecule has 0 amide bonds. The van der Waals surface area contributed by atoms with Crippen LogP contribution >= 0.6 is 12.2 Å². The molecule has 0 unspecified atom stereocenters. The molecule has 0 spiro atoms. The Labute approximate surface area is 172 Å². The summed E-state index contributed by atoms with van der Waals surface area (Å²) in [4.78, 5) is 18.1. The molecule has 152 valence electrons. The molecule has 1 aromatic heterocycles. The SMILES string of the molecule is COCCNC(=S)N(Cc1cc2c(C)cc(C)cc2[nH]c1=O)C1CCCCC1. The van der Waals surface area contributed by atoms with E-state index in [1.165, 1.54) is 24.8 Å². The third kappa shape index (κ3) is 4.92. The van der Waals surface area contributed by atoms with Crippen molar-refractivity contribution in [1.29, 1.82) is 0 Å². The Kier molecular flexibility index (Phi) is 7.08. The minimum atomic E-state index is -0.0296. The lowest BCUT2D eigenvalue weighted by atomic mass is 9.94. The predicted molar refractivity (Wildman–Crippen MR) is 119 cm³/mol. The molecular weight excluding hydrogens is 370 g/mol. The summed E-state index contributed by atoms with van der Waals surface area (Å²) in [5.74, 6) is 0. The molecule has 5 nitrogen and oxygen atoms in total. The summed E-state index contributed by atoms with van der Waals surface area (Å²) in [7, 11) is 1.68. The van der Waals surface area contributed by atoms with E-state index >= 15 is 0 Å². The molecule has 0 radical (unpaired) electrons. The fourth-order valence-corrected chi connectivity index (χ4v) is 4.45. The van der Waals surface area contributed by atoms with E-state index in [1.54, 1.807) is 7.11 Å². The molecule has 0 aliphatic heterocycles. The van der Waals surface area contributed by atoms with E-state index in [4.69, 9.17) is 17.0 Å². The van der Waals surface area contributed by atoms with Crippen molar-refractivity contribution in [2.45, 2.75) is 58.5 Å². The van der Waals surface area contributed by atoms with Crippen LogP contribution in [0.1, 0.15) is 48.8 Å². The monoisotopic (exact) mass is 401 g/mol. The molecular formula is C22H31N3O2S. The number of pyridine rings is 1. The Morgan fingerprint density at radius 3 is 2.71 bits per heavy atom. The zero-order chi connectivity index (χ0) is 20.1. The number of aryl methyl sites for hydroxylation is 2. The van der Waals surface area contributed by atoms with Gasteiger partial charge in [-0.15, -0.1) is 0 Å². The maximum atomic E-state index is 12.8. The molecule has 3 rings (SSSR count). The van der Waals surface area contributed by atoms with E-state index in [2.05, 4.69) is 28.2 Å². The maximum Gasteiger partial charge on any atom is 0.253 e. The fourth-order valence-electron chi connectivity index (χ4n) is 4.14. The van der Waals surface area contributed by atoms with Gasteiger partial charge in [0.1, 0.15) is 0 Å². The number of H-pyrrole nitrogens is 1. The highest BCUT2D eigenvalue weighted by Crippen LogP contribution is 2.25. The van der Waals surface area contributed by atoms with Gasteiger partial charge in [0.15, 0.2) is 5.11 Å². The first kappa shape index (κ1) is 20.8. The van der Waals surface area contributed by atoms with Crippen molar-refractivity contribution < 1.29 is 4.74 Å². The number of benzene rings is 1. The van der Waals surface area contributed by atoms with E-state index in [0.29, 0.717) is 30.9 Å². The van der Waals surface area contributed by atoms with Crippen molar-refractivity contribution in [3.05, 3.63) is 45.2 Å². The lowest BCUT2D eigenvalue weighted by Gasteiger charge is -2.36. The van der Waals surface area contributed by atoms with Gasteiger partial charge in [0.05, 0.1) is 13.2 Å². The van der Waals surface area contributed by atoms with E-state index in [9.17, 15) is 4.79 Å². The summed E-state index contributed by atoms with van der Waals surface area (Å²) < 4.78 is 5.13. The highest BCUT2D eigenvalue weighted by Gasteiger charge is 2.24. The molecule has 28 heavy (non-hydrogen) atoms. The van der Waals surface area contributed by atoms with Gasteiger partial charge in [0.25, 0.3) is 5.56 Å². The van der Waals surface area contributed by atoms with E-state index in [1.807, 2.05) is 19.1 Å². The molecule has 1 aliphatic rings. The van der Waals surface area contributed by atoms with Gasteiger partial charge in [-0.25, -0.2) is 0 Å². The lowest BCUT2D eigenvalue weighted by Crippen LogP contribution is -2.47. The van der Waals surface area contributed by atoms with Crippen LogP contribution in [0.15, 0.2) is 23.0 Å². The van der Waals surface area contributed by atoms with E-state index in [-0.39, 0.29) is 5.56 Å². The van der Waals surface area contributed by atoms with E-state index in [0.717, 1.165) is 34.9 Å². The number of aromatic amines is 1. The summed E-state index contributed by atoms with van der Waals surface area (Å²) in [6.45, 7) is 5.95. The first-order valence-corrected chi connectivity index (χ1v) is 10.6. The second-order valence-electron chi connectivity index (χ2n) is 7.81. The van der Waals surface area contributed by atoms with Crippen LogP contribution in [0.2, 0.25) is 0 Å². The number of aromatic nitrogens is 1. The van der Waals surface area contributed by atoms with Gasteiger partial charge >= 0.3 is 0 Å². The zero-order valence-electron chi connectivity index (χ0n) is 17.1. The van der Waals surface area contributed by atoms with Crippen molar-refractivity contribution in [3.63, 3.8) is 0 Å². The van der Waals surface area contributed by atoms with Gasteiger partial charge in [0.2, 0.25) is 0 Å². The van der Waals surface area contributed by atoms with Crippen LogP contribution in [-0.4, -0.2) is 41.3 Å². The quantitative estimate of drug-likeness (QED) is 0.570. The van der Waals surface area contributed by atoms with Gasteiger partial charge in [-0.1, -0.05) is 25.3 Å². The summed E-state index contributed by atoms with van der Waals surface area (Å²) in [6, 6.07) is 6.60. The average Bonchev–Trinajstić information content (AvgIpc) is 2.67. The number of ether oxygens (including phenoxy) is 1. The fraction of sp³-hybridized carbons (Fsp3) is 0.545. The number of fused-ring (bicyclic) bond motifs is 1. The average molecular weight is 402 g/mol. The van der Waals surface area contributed by atoms with Crippen LogP contribution in [0.5, 0.6) is 0 Å². The molecule has 0 bridgehead atoms. The second kappa shape index (κ2) is 9.52. The van der Waals surface area contributed by atoms with Crippen molar-refractivity contribution in [2.24, 2.45) is 0 Å². The van der Waals surface area contributed by atoms with Crippen molar-refractivity contribution in [2.75, 3.05) is 20.3 Å². The molecule has 0 saturated heterocycles. The molecule has 2 aromatic rings. The van der Waals surface area contributed by atoms with Gasteiger partial charge in [-0.2, -0.15) is 0 Å².